The van der Waals surface area contributed by atoms with E-state index in [0.717, 1.165) is 11.3 Å². The Morgan fingerprint density at radius 2 is 1.80 bits per heavy atom. The molecule has 0 rings (SSSR count). The summed E-state index contributed by atoms with van der Waals surface area (Å²) in [5.41, 5.74) is 12.0. The molecule has 1 atom stereocenters. The van der Waals surface area contributed by atoms with Crippen LogP contribution in [0.3, 0.4) is 0 Å². The van der Waals surface area contributed by atoms with E-state index in [1.165, 1.54) is 0 Å². The van der Waals surface area contributed by atoms with E-state index >= 15 is 0 Å². The van der Waals surface area contributed by atoms with Crippen LogP contribution in [0.5, 0.6) is 0 Å². The SMILES string of the molecule is C=CC(/C=C\C)=C(\C=C/C)N=CC(C)C(=O)OCCN=C(N)N.CC. The van der Waals surface area contributed by atoms with Crippen molar-refractivity contribution in [3.05, 3.63) is 48.2 Å². The maximum Gasteiger partial charge on any atom is 0.314 e. The van der Waals surface area contributed by atoms with Gasteiger partial charge in [0.15, 0.2) is 5.96 Å². The summed E-state index contributed by atoms with van der Waals surface area (Å²) in [6.07, 6.45) is 10.8. The molecule has 140 valence electrons. The van der Waals surface area contributed by atoms with Crippen molar-refractivity contribution < 1.29 is 9.53 Å². The van der Waals surface area contributed by atoms with Crippen molar-refractivity contribution in [2.75, 3.05) is 13.2 Å². The van der Waals surface area contributed by atoms with E-state index in [4.69, 9.17) is 16.2 Å². The predicted molar refractivity (Wildman–Crippen MR) is 107 cm³/mol. The smallest absolute Gasteiger partial charge is 0.314 e. The topological polar surface area (TPSA) is 103 Å². The minimum absolute atomic E-state index is 0.0299. The lowest BCUT2D eigenvalue weighted by molar-refractivity contribution is -0.145. The fourth-order valence-corrected chi connectivity index (χ4v) is 1.51. The van der Waals surface area contributed by atoms with Crippen molar-refractivity contribution in [3.63, 3.8) is 0 Å². The molecule has 0 heterocycles. The van der Waals surface area contributed by atoms with Gasteiger partial charge in [-0.1, -0.05) is 44.7 Å². The summed E-state index contributed by atoms with van der Waals surface area (Å²) in [7, 11) is 0. The number of esters is 1. The standard InChI is InChI=1S/C17H26N4O2.C2H6/c1-5-8-14(7-3)15(9-6-2)21-12-13(4)16(22)23-11-10-20-17(18)19;1-2/h5-9,12-13H,3,10-11H2,1-2,4H3,(H4,18,19,20);1-2H3/b8-5-,9-6-,15-14-,21-12?;. The number of aliphatic imine (C=N–C) groups is 2. The van der Waals surface area contributed by atoms with Gasteiger partial charge in [0.1, 0.15) is 6.61 Å². The van der Waals surface area contributed by atoms with Crippen LogP contribution in [0.2, 0.25) is 0 Å². The van der Waals surface area contributed by atoms with Gasteiger partial charge in [0, 0.05) is 6.21 Å². The van der Waals surface area contributed by atoms with Crippen LogP contribution >= 0.6 is 0 Å². The van der Waals surface area contributed by atoms with Gasteiger partial charge >= 0.3 is 5.97 Å². The van der Waals surface area contributed by atoms with Crippen LogP contribution in [0.15, 0.2) is 58.2 Å². The molecule has 0 fully saturated rings. The molecular formula is C19H32N4O2. The number of carbonyl (C=O) groups excluding carboxylic acids is 1. The van der Waals surface area contributed by atoms with E-state index in [1.807, 2.05) is 52.0 Å². The Hall–Kier alpha value is -2.63. The molecule has 0 spiro atoms. The summed E-state index contributed by atoms with van der Waals surface area (Å²) in [6, 6.07) is 0. The number of rotatable bonds is 9. The lowest BCUT2D eigenvalue weighted by Crippen LogP contribution is -2.24. The van der Waals surface area contributed by atoms with Crippen molar-refractivity contribution in [2.24, 2.45) is 27.4 Å². The van der Waals surface area contributed by atoms with Gasteiger partial charge in [-0.2, -0.15) is 0 Å². The second-order valence-electron chi connectivity index (χ2n) is 4.59. The number of guanidine groups is 1. The van der Waals surface area contributed by atoms with Gasteiger partial charge < -0.3 is 16.2 Å². The first-order chi connectivity index (χ1) is 12.0. The fraction of sp³-hybridized carbons (Fsp3) is 0.421. The second-order valence-corrected chi connectivity index (χ2v) is 4.59. The third kappa shape index (κ3) is 12.5. The average Bonchev–Trinajstić information content (AvgIpc) is 2.61. The molecule has 0 aliphatic carbocycles. The summed E-state index contributed by atoms with van der Waals surface area (Å²) in [5, 5.41) is 0. The number of hydrogen-bond acceptors (Lipinski definition) is 4. The van der Waals surface area contributed by atoms with Crippen LogP contribution in [-0.4, -0.2) is 31.3 Å². The maximum absolute atomic E-state index is 11.8. The molecule has 6 nitrogen and oxygen atoms in total. The van der Waals surface area contributed by atoms with E-state index < -0.39 is 5.92 Å². The van der Waals surface area contributed by atoms with Crippen molar-refractivity contribution in [1.29, 1.82) is 0 Å². The molecule has 6 heteroatoms. The Kier molecular flexibility index (Phi) is 16.0. The first-order valence-electron chi connectivity index (χ1n) is 8.34. The molecule has 0 aliphatic heterocycles. The lowest BCUT2D eigenvalue weighted by Gasteiger charge is -2.07. The molecule has 4 N–H and O–H groups in total. The van der Waals surface area contributed by atoms with Gasteiger partial charge in [-0.05, 0) is 32.4 Å². The van der Waals surface area contributed by atoms with E-state index in [2.05, 4.69) is 16.6 Å². The lowest BCUT2D eigenvalue weighted by atomic mass is 10.1. The zero-order chi connectivity index (χ0) is 19.7. The van der Waals surface area contributed by atoms with Crippen LogP contribution in [0, 0.1) is 5.92 Å². The highest BCUT2D eigenvalue weighted by molar-refractivity contribution is 5.89. The summed E-state index contributed by atoms with van der Waals surface area (Å²) < 4.78 is 5.06. The minimum atomic E-state index is -0.480. The van der Waals surface area contributed by atoms with Crippen molar-refractivity contribution in [1.82, 2.24) is 0 Å². The van der Waals surface area contributed by atoms with Crippen LogP contribution in [-0.2, 0) is 9.53 Å². The van der Waals surface area contributed by atoms with Gasteiger partial charge in [0.2, 0.25) is 0 Å². The number of nitrogens with two attached hydrogens (primary N) is 2. The zero-order valence-electron chi connectivity index (χ0n) is 16.0. The quantitative estimate of drug-likeness (QED) is 0.220. The Morgan fingerprint density at radius 1 is 1.20 bits per heavy atom. The highest BCUT2D eigenvalue weighted by atomic mass is 16.5. The Labute approximate surface area is 151 Å². The molecule has 0 aromatic rings. The summed E-state index contributed by atoms with van der Waals surface area (Å²) in [5.74, 6) is -0.894. The average molecular weight is 348 g/mol. The van der Waals surface area contributed by atoms with E-state index in [9.17, 15) is 4.79 Å². The molecule has 1 unspecified atom stereocenters. The second kappa shape index (κ2) is 16.2. The van der Waals surface area contributed by atoms with Crippen LogP contribution in [0.25, 0.3) is 0 Å². The largest absolute Gasteiger partial charge is 0.463 e. The van der Waals surface area contributed by atoms with Crippen molar-refractivity contribution in [3.8, 4) is 0 Å². The highest BCUT2D eigenvalue weighted by Crippen LogP contribution is 2.11. The molecule has 0 aliphatic rings. The number of hydrogen-bond donors (Lipinski definition) is 2. The molecule has 0 aromatic heterocycles. The molecule has 0 aromatic carbocycles. The maximum atomic E-state index is 11.8. The molecule has 0 saturated carbocycles. The molecule has 0 saturated heterocycles. The molecular weight excluding hydrogens is 316 g/mol. The third-order valence-electron chi connectivity index (χ3n) is 2.63. The van der Waals surface area contributed by atoms with E-state index in [-0.39, 0.29) is 25.1 Å². The van der Waals surface area contributed by atoms with Crippen molar-refractivity contribution >= 4 is 18.1 Å². The molecule has 0 bridgehead atoms. The van der Waals surface area contributed by atoms with Gasteiger partial charge in [0.25, 0.3) is 0 Å². The number of ether oxygens (including phenoxy) is 1. The van der Waals surface area contributed by atoms with E-state index in [0.29, 0.717) is 0 Å². The third-order valence-corrected chi connectivity index (χ3v) is 2.63. The fourth-order valence-electron chi connectivity index (χ4n) is 1.51. The Bertz CT molecular complexity index is 540. The Morgan fingerprint density at radius 3 is 2.28 bits per heavy atom. The molecule has 25 heavy (non-hydrogen) atoms. The first-order valence-corrected chi connectivity index (χ1v) is 8.34. The molecule has 0 amide bonds. The normalized spacial score (nSPS) is 13.2. The first kappa shape index (κ1) is 24.6. The van der Waals surface area contributed by atoms with Crippen LogP contribution in [0.1, 0.15) is 34.6 Å². The number of allylic oxidation sites excluding steroid dienone is 6. The van der Waals surface area contributed by atoms with Crippen LogP contribution < -0.4 is 11.5 Å². The highest BCUT2D eigenvalue weighted by Gasteiger charge is 2.11. The minimum Gasteiger partial charge on any atom is -0.463 e. The van der Waals surface area contributed by atoms with Gasteiger partial charge in [-0.3, -0.25) is 14.8 Å². The molecule has 0 radical (unpaired) electrons. The van der Waals surface area contributed by atoms with Crippen molar-refractivity contribution in [2.45, 2.75) is 34.6 Å². The van der Waals surface area contributed by atoms with E-state index in [1.54, 1.807) is 19.2 Å². The van der Waals surface area contributed by atoms with Gasteiger partial charge in [0.05, 0.1) is 18.2 Å². The van der Waals surface area contributed by atoms with Gasteiger partial charge in [-0.25, -0.2) is 0 Å². The summed E-state index contributed by atoms with van der Waals surface area (Å²) in [6.45, 7) is 13.7. The zero-order valence-corrected chi connectivity index (χ0v) is 16.0. The predicted octanol–water partition coefficient (Wildman–Crippen LogP) is 3.13. The summed E-state index contributed by atoms with van der Waals surface area (Å²) >= 11 is 0. The number of carbonyl (C=O) groups is 1. The van der Waals surface area contributed by atoms with Crippen LogP contribution in [0.4, 0.5) is 0 Å². The van der Waals surface area contributed by atoms with Gasteiger partial charge in [-0.15, -0.1) is 0 Å². The summed E-state index contributed by atoms with van der Waals surface area (Å²) in [4.78, 5) is 19.9. The monoisotopic (exact) mass is 348 g/mol. The number of nitrogens with zero attached hydrogens (tertiary/aromatic N) is 2. The Balaban J connectivity index is 0.